The van der Waals surface area contributed by atoms with Crippen LogP contribution in [0.25, 0.3) is 10.8 Å². The number of aromatic nitrogens is 2. The molecular weight excluding hydrogens is 236 g/mol. The third-order valence-electron chi connectivity index (χ3n) is 1.94. The number of rotatable bonds is 0. The molecule has 82 valence electrons. The predicted octanol–water partition coefficient (Wildman–Crippen LogP) is 3.49. The monoisotopic (exact) mass is 248 g/mol. The van der Waals surface area contributed by atoms with Gasteiger partial charge in [0.1, 0.15) is 0 Å². The second-order valence-electron chi connectivity index (χ2n) is 2.93. The summed E-state index contributed by atoms with van der Waals surface area (Å²) in [4.78, 5) is 0. The van der Waals surface area contributed by atoms with Gasteiger partial charge in [-0.25, -0.2) is 0 Å². The van der Waals surface area contributed by atoms with Gasteiger partial charge < -0.3 is 0 Å². The Kier molecular flexibility index (Phi) is 5.53. The van der Waals surface area contributed by atoms with E-state index in [1.54, 1.807) is 6.20 Å². The minimum absolute atomic E-state index is 0. The lowest BCUT2D eigenvalue weighted by molar-refractivity contribution is 1.16. The lowest BCUT2D eigenvalue weighted by atomic mass is 10.1. The van der Waals surface area contributed by atoms with Crippen LogP contribution in [0.1, 0.15) is 0 Å². The van der Waals surface area contributed by atoms with Gasteiger partial charge in [-0.2, -0.15) is 13.5 Å². The predicted molar refractivity (Wildman–Crippen MR) is 74.2 cm³/mol. The SMILES string of the molecule is S.c1ccc2ccccc2c1.c1csnn1. The van der Waals surface area contributed by atoms with Crippen molar-refractivity contribution in [3.8, 4) is 0 Å². The van der Waals surface area contributed by atoms with Crippen molar-refractivity contribution in [1.82, 2.24) is 9.59 Å². The maximum atomic E-state index is 3.51. The summed E-state index contributed by atoms with van der Waals surface area (Å²) in [6.45, 7) is 0. The number of hydrogen-bond acceptors (Lipinski definition) is 3. The first kappa shape index (κ1) is 12.7. The van der Waals surface area contributed by atoms with E-state index in [2.05, 4.69) is 58.1 Å². The molecule has 0 saturated heterocycles. The van der Waals surface area contributed by atoms with Crippen molar-refractivity contribution in [3.63, 3.8) is 0 Å². The van der Waals surface area contributed by atoms with Gasteiger partial charge in [0.05, 0.1) is 6.20 Å². The molecule has 0 saturated carbocycles. The molecule has 16 heavy (non-hydrogen) atoms. The largest absolute Gasteiger partial charge is 0.197 e. The fraction of sp³-hybridized carbons (Fsp3) is 0. The van der Waals surface area contributed by atoms with Crippen LogP contribution in [0, 0.1) is 0 Å². The van der Waals surface area contributed by atoms with E-state index in [1.165, 1.54) is 22.3 Å². The molecule has 0 spiro atoms. The van der Waals surface area contributed by atoms with Crippen molar-refractivity contribution in [2.75, 3.05) is 0 Å². The summed E-state index contributed by atoms with van der Waals surface area (Å²) in [5.41, 5.74) is 0. The van der Waals surface area contributed by atoms with Crippen molar-refractivity contribution >= 4 is 35.8 Å². The van der Waals surface area contributed by atoms with E-state index in [9.17, 15) is 0 Å². The molecule has 2 nitrogen and oxygen atoms in total. The molecular formula is C12H12N2S2. The zero-order valence-corrected chi connectivity index (χ0v) is 10.4. The zero-order valence-electron chi connectivity index (χ0n) is 8.58. The Morgan fingerprint density at radius 3 is 1.56 bits per heavy atom. The van der Waals surface area contributed by atoms with Gasteiger partial charge in [0.15, 0.2) is 0 Å². The number of nitrogens with zero attached hydrogens (tertiary/aromatic N) is 2. The van der Waals surface area contributed by atoms with E-state index in [1.807, 2.05) is 5.38 Å². The van der Waals surface area contributed by atoms with Crippen LogP contribution in [0.15, 0.2) is 60.1 Å². The van der Waals surface area contributed by atoms with Crippen molar-refractivity contribution < 1.29 is 0 Å². The first-order valence-corrected chi connectivity index (χ1v) is 5.45. The first-order chi connectivity index (χ1) is 7.47. The second-order valence-corrected chi connectivity index (χ2v) is 3.58. The van der Waals surface area contributed by atoms with Crippen LogP contribution < -0.4 is 0 Å². The van der Waals surface area contributed by atoms with Crippen LogP contribution in [0.3, 0.4) is 0 Å². The molecule has 1 aromatic heterocycles. The van der Waals surface area contributed by atoms with Gasteiger partial charge >= 0.3 is 0 Å². The maximum absolute atomic E-state index is 3.51. The number of fused-ring (bicyclic) bond motifs is 1. The smallest absolute Gasteiger partial charge is 0.0620 e. The average Bonchev–Trinajstić information content (AvgIpc) is 2.88. The molecule has 2 aromatic carbocycles. The molecule has 0 aliphatic rings. The fourth-order valence-corrected chi connectivity index (χ4v) is 1.54. The molecule has 3 aromatic rings. The minimum atomic E-state index is 0. The Morgan fingerprint density at radius 2 is 1.31 bits per heavy atom. The Bertz CT molecular complexity index is 426. The minimum Gasteiger partial charge on any atom is -0.197 e. The van der Waals surface area contributed by atoms with E-state index in [0.29, 0.717) is 0 Å². The summed E-state index contributed by atoms with van der Waals surface area (Å²) in [6.07, 6.45) is 1.66. The van der Waals surface area contributed by atoms with Gasteiger partial charge in [0.25, 0.3) is 0 Å². The van der Waals surface area contributed by atoms with E-state index < -0.39 is 0 Å². The highest BCUT2D eigenvalue weighted by Gasteiger charge is 1.85. The van der Waals surface area contributed by atoms with E-state index in [4.69, 9.17) is 0 Å². The third kappa shape index (κ3) is 3.64. The number of hydrogen-bond donors (Lipinski definition) is 0. The topological polar surface area (TPSA) is 25.8 Å². The molecule has 0 fully saturated rings. The highest BCUT2D eigenvalue weighted by molar-refractivity contribution is 7.59. The lowest BCUT2D eigenvalue weighted by Crippen LogP contribution is -1.67. The van der Waals surface area contributed by atoms with E-state index in [-0.39, 0.29) is 13.5 Å². The van der Waals surface area contributed by atoms with Gasteiger partial charge in [-0.3, -0.25) is 0 Å². The Labute approximate surface area is 106 Å². The lowest BCUT2D eigenvalue weighted by Gasteiger charge is -1.92. The Morgan fingerprint density at radius 1 is 0.812 bits per heavy atom. The van der Waals surface area contributed by atoms with E-state index in [0.717, 1.165) is 0 Å². The van der Waals surface area contributed by atoms with Crippen LogP contribution in [0.5, 0.6) is 0 Å². The summed E-state index contributed by atoms with van der Waals surface area (Å²) in [5.74, 6) is 0. The standard InChI is InChI=1S/C10H8.C2H2N2S.H2S/c1-2-6-10-8-4-3-7-9(10)5-1;1-2-5-4-3-1;/h1-8H;1-2H;1H2. The normalized spacial score (nSPS) is 8.75. The molecule has 1 heterocycles. The first-order valence-electron chi connectivity index (χ1n) is 4.61. The van der Waals surface area contributed by atoms with Gasteiger partial charge in [0, 0.05) is 5.38 Å². The summed E-state index contributed by atoms with van der Waals surface area (Å²) in [6, 6.07) is 16.7. The van der Waals surface area contributed by atoms with Crippen LogP contribution in [-0.2, 0) is 0 Å². The molecule has 0 N–H and O–H groups in total. The maximum Gasteiger partial charge on any atom is 0.0620 e. The van der Waals surface area contributed by atoms with Crippen molar-refractivity contribution in [1.29, 1.82) is 0 Å². The van der Waals surface area contributed by atoms with Gasteiger partial charge in [0.2, 0.25) is 0 Å². The zero-order chi connectivity index (χ0) is 10.3. The van der Waals surface area contributed by atoms with Crippen molar-refractivity contribution in [3.05, 3.63) is 60.1 Å². The van der Waals surface area contributed by atoms with Gasteiger partial charge in [-0.15, -0.1) is 5.10 Å². The summed E-state index contributed by atoms with van der Waals surface area (Å²) < 4.78 is 3.51. The molecule has 0 aliphatic carbocycles. The average molecular weight is 248 g/mol. The third-order valence-corrected chi connectivity index (χ3v) is 2.37. The molecule has 0 amide bonds. The number of benzene rings is 2. The second kappa shape index (κ2) is 6.98. The highest BCUT2D eigenvalue weighted by Crippen LogP contribution is 2.11. The fourth-order valence-electron chi connectivity index (χ4n) is 1.27. The molecule has 3 rings (SSSR count). The Balaban J connectivity index is 0.000000183. The Hall–Kier alpha value is -1.39. The van der Waals surface area contributed by atoms with Crippen LogP contribution in [0.2, 0.25) is 0 Å². The van der Waals surface area contributed by atoms with Crippen LogP contribution in [0.4, 0.5) is 0 Å². The molecule has 0 bridgehead atoms. The van der Waals surface area contributed by atoms with E-state index >= 15 is 0 Å². The summed E-state index contributed by atoms with van der Waals surface area (Å²) in [7, 11) is 0. The van der Waals surface area contributed by atoms with Crippen LogP contribution >= 0.6 is 25.0 Å². The quantitative estimate of drug-likeness (QED) is 0.608. The highest BCUT2D eigenvalue weighted by atomic mass is 32.1. The van der Waals surface area contributed by atoms with Crippen molar-refractivity contribution in [2.24, 2.45) is 0 Å². The van der Waals surface area contributed by atoms with Crippen molar-refractivity contribution in [2.45, 2.75) is 0 Å². The summed E-state index contributed by atoms with van der Waals surface area (Å²) >= 11 is 1.35. The molecule has 0 radical (unpaired) electrons. The molecule has 0 unspecified atom stereocenters. The van der Waals surface area contributed by atoms with Gasteiger partial charge in [-0.1, -0.05) is 53.0 Å². The van der Waals surface area contributed by atoms with Gasteiger partial charge in [-0.05, 0) is 22.3 Å². The molecule has 0 aliphatic heterocycles. The summed E-state index contributed by atoms with van der Waals surface area (Å²) in [5, 5.41) is 7.93. The van der Waals surface area contributed by atoms with Crippen LogP contribution in [-0.4, -0.2) is 9.59 Å². The molecule has 4 heteroatoms. The molecule has 0 atom stereocenters.